The number of methoxy groups -OCH3 is 1. The Hall–Kier alpha value is -0.620. The minimum absolute atomic E-state index is 0. The van der Waals surface area contributed by atoms with Crippen molar-refractivity contribution in [1.82, 2.24) is 0 Å². The Labute approximate surface area is 156 Å². The predicted molar refractivity (Wildman–Crippen MR) is 86.1 cm³/mol. The molecule has 1 aromatic rings. The molecule has 0 spiro atoms. The lowest BCUT2D eigenvalue weighted by atomic mass is 9.51. The molecule has 2 fully saturated rings. The van der Waals surface area contributed by atoms with Crippen molar-refractivity contribution in [2.24, 2.45) is 5.92 Å². The van der Waals surface area contributed by atoms with Gasteiger partial charge in [0.05, 0.1) is 32.7 Å². The molecule has 1 aliphatic heterocycles. The number of likely N-dealkylation sites (N-methyl/N-ethyl adjacent to an activating group) is 1. The Bertz CT molecular complexity index is 642. The van der Waals surface area contributed by atoms with Gasteiger partial charge in [0.2, 0.25) is 0 Å². The van der Waals surface area contributed by atoms with E-state index in [-0.39, 0.29) is 29.4 Å². The normalized spacial score (nSPS) is 34.0. The molecule has 0 aromatic heterocycles. The van der Waals surface area contributed by atoms with Gasteiger partial charge in [0.25, 0.3) is 0 Å². The largest absolute Gasteiger partial charge is 1.00 e. The third-order valence-corrected chi connectivity index (χ3v) is 6.61. The average molecular weight is 427 g/mol. The Morgan fingerprint density at radius 1 is 1.26 bits per heavy atom. The number of piperidine rings is 1. The van der Waals surface area contributed by atoms with Crippen LogP contribution in [0, 0.1) is 5.92 Å². The Morgan fingerprint density at radius 3 is 2.78 bits per heavy atom. The number of hydrogen-bond acceptors (Lipinski definition) is 2. The zero-order valence-corrected chi connectivity index (χ0v) is 16.4. The number of fused-ring (bicyclic) bond motifs is 1. The van der Waals surface area contributed by atoms with Crippen LogP contribution >= 0.6 is 0 Å². The summed E-state index contributed by atoms with van der Waals surface area (Å²) in [6, 6.07) is 7.00. The first-order valence-electron chi connectivity index (χ1n) is 8.52. The molecule has 4 rings (SSSR count). The second-order valence-electron chi connectivity index (χ2n) is 7.98. The highest BCUT2D eigenvalue weighted by molar-refractivity contribution is 5.93. The second kappa shape index (κ2) is 5.73. The van der Waals surface area contributed by atoms with Gasteiger partial charge in [-0.05, 0) is 36.1 Å². The van der Waals surface area contributed by atoms with E-state index in [0.29, 0.717) is 24.3 Å². The van der Waals surface area contributed by atoms with Crippen molar-refractivity contribution >= 4 is 5.78 Å². The number of quaternary nitrogens is 1. The van der Waals surface area contributed by atoms with Crippen LogP contribution in [0.5, 0.6) is 5.75 Å². The van der Waals surface area contributed by atoms with Crippen LogP contribution in [0.2, 0.25) is 0 Å². The highest BCUT2D eigenvalue weighted by Gasteiger charge is 2.62. The van der Waals surface area contributed by atoms with E-state index in [1.807, 2.05) is 0 Å². The molecule has 1 saturated carbocycles. The molecule has 0 unspecified atom stereocenters. The summed E-state index contributed by atoms with van der Waals surface area (Å²) < 4.78 is 6.31. The lowest BCUT2D eigenvalue weighted by Crippen LogP contribution is -3.00. The number of carbonyl (C=O) groups excluding carboxylic acids is 1. The standard InChI is InChI=1S/C19H26NO2.HI/c1-20(2)12-18(21)19-9-5-4-6-15(19)17(20)10-13-7-8-14(22-3)11-16(13)19;/h7-8,11,15,17H,4-6,9-10,12H2,1-3H3;1H/q+1;/p-1/t15-,17+,19+;/m0./s1. The molecule has 3 aliphatic rings. The fourth-order valence-electron chi connectivity index (χ4n) is 5.56. The van der Waals surface area contributed by atoms with E-state index in [9.17, 15) is 4.79 Å². The summed E-state index contributed by atoms with van der Waals surface area (Å²) in [5, 5.41) is 0. The average Bonchev–Trinajstić information content (AvgIpc) is 2.51. The summed E-state index contributed by atoms with van der Waals surface area (Å²) in [7, 11) is 6.21. The molecule has 126 valence electrons. The van der Waals surface area contributed by atoms with Crippen LogP contribution in [0.25, 0.3) is 0 Å². The molecule has 0 radical (unpaired) electrons. The summed E-state index contributed by atoms with van der Waals surface area (Å²) >= 11 is 0. The van der Waals surface area contributed by atoms with Crippen LogP contribution in [0.3, 0.4) is 0 Å². The number of halogens is 1. The third-order valence-electron chi connectivity index (χ3n) is 6.61. The smallest absolute Gasteiger partial charge is 0.197 e. The fourth-order valence-corrected chi connectivity index (χ4v) is 5.56. The van der Waals surface area contributed by atoms with Gasteiger partial charge in [-0.25, -0.2) is 0 Å². The molecule has 1 saturated heterocycles. The zero-order chi connectivity index (χ0) is 15.5. The SMILES string of the molecule is COc1ccc2c(c1)[C@@]13CCCC[C@H]1[C@@H](C2)[N+](C)(C)CC3=O.[I-]. The third kappa shape index (κ3) is 2.28. The van der Waals surface area contributed by atoms with Crippen molar-refractivity contribution in [3.63, 3.8) is 0 Å². The van der Waals surface area contributed by atoms with Gasteiger partial charge in [-0.3, -0.25) is 4.79 Å². The monoisotopic (exact) mass is 427 g/mol. The van der Waals surface area contributed by atoms with E-state index in [1.54, 1.807) is 7.11 Å². The van der Waals surface area contributed by atoms with Gasteiger partial charge in [0.1, 0.15) is 12.3 Å². The van der Waals surface area contributed by atoms with Crippen LogP contribution in [-0.2, 0) is 16.6 Å². The molecule has 2 aliphatic carbocycles. The molecule has 3 nitrogen and oxygen atoms in total. The summed E-state index contributed by atoms with van der Waals surface area (Å²) in [4.78, 5) is 13.3. The first kappa shape index (κ1) is 17.2. The van der Waals surface area contributed by atoms with Gasteiger partial charge in [0, 0.05) is 12.3 Å². The van der Waals surface area contributed by atoms with Gasteiger partial charge in [-0.15, -0.1) is 0 Å². The van der Waals surface area contributed by atoms with Crippen molar-refractivity contribution in [1.29, 1.82) is 0 Å². The minimum Gasteiger partial charge on any atom is -1.00 e. The molecule has 2 bridgehead atoms. The molecule has 1 heterocycles. The summed E-state index contributed by atoms with van der Waals surface area (Å²) in [6.45, 7) is 0.678. The molecular weight excluding hydrogens is 401 g/mol. The minimum atomic E-state index is -0.223. The number of Topliss-reactive ketones (excluding diaryl/α,β-unsaturated/α-hetero) is 1. The van der Waals surface area contributed by atoms with E-state index < -0.39 is 0 Å². The van der Waals surface area contributed by atoms with E-state index in [4.69, 9.17) is 4.74 Å². The number of benzene rings is 1. The first-order valence-corrected chi connectivity index (χ1v) is 8.52. The Kier molecular flexibility index (Phi) is 4.28. The van der Waals surface area contributed by atoms with E-state index >= 15 is 0 Å². The van der Waals surface area contributed by atoms with Crippen LogP contribution < -0.4 is 28.7 Å². The van der Waals surface area contributed by atoms with Crippen molar-refractivity contribution in [3.8, 4) is 5.75 Å². The summed E-state index contributed by atoms with van der Waals surface area (Å²) in [5.41, 5.74) is 2.44. The second-order valence-corrected chi connectivity index (χ2v) is 7.98. The molecule has 1 aromatic carbocycles. The molecule has 4 heteroatoms. The van der Waals surface area contributed by atoms with E-state index in [0.717, 1.165) is 23.1 Å². The van der Waals surface area contributed by atoms with Crippen molar-refractivity contribution < 1.29 is 38.0 Å². The molecule has 23 heavy (non-hydrogen) atoms. The zero-order valence-electron chi connectivity index (χ0n) is 14.3. The molecule has 0 N–H and O–H groups in total. The quantitative estimate of drug-likeness (QED) is 0.455. The maximum absolute atomic E-state index is 13.3. The maximum atomic E-state index is 13.3. The summed E-state index contributed by atoms with van der Waals surface area (Å²) in [6.07, 6.45) is 5.79. The first-order chi connectivity index (χ1) is 10.5. The maximum Gasteiger partial charge on any atom is 0.197 e. The van der Waals surface area contributed by atoms with Crippen molar-refractivity contribution in [2.45, 2.75) is 43.6 Å². The van der Waals surface area contributed by atoms with Crippen molar-refractivity contribution in [2.75, 3.05) is 27.7 Å². The fraction of sp³-hybridized carbons (Fsp3) is 0.632. The number of likely N-dealkylation sites (tertiary alicyclic amines) is 1. The Morgan fingerprint density at radius 2 is 2.04 bits per heavy atom. The van der Waals surface area contributed by atoms with Crippen LogP contribution in [-0.4, -0.2) is 44.1 Å². The number of carbonyl (C=O) groups is 1. The van der Waals surface area contributed by atoms with Crippen molar-refractivity contribution in [3.05, 3.63) is 29.3 Å². The highest BCUT2D eigenvalue weighted by Crippen LogP contribution is 2.55. The van der Waals surface area contributed by atoms with Crippen LogP contribution in [0.4, 0.5) is 0 Å². The van der Waals surface area contributed by atoms with Gasteiger partial charge < -0.3 is 33.2 Å². The van der Waals surface area contributed by atoms with Gasteiger partial charge in [-0.2, -0.15) is 0 Å². The number of ketones is 1. The number of rotatable bonds is 1. The topological polar surface area (TPSA) is 26.3 Å². The number of ether oxygens (including phenoxy) is 1. The van der Waals surface area contributed by atoms with Crippen LogP contribution in [0.1, 0.15) is 36.8 Å². The highest BCUT2D eigenvalue weighted by atomic mass is 127. The van der Waals surface area contributed by atoms with E-state index in [2.05, 4.69) is 32.3 Å². The molecule has 0 amide bonds. The van der Waals surface area contributed by atoms with Crippen LogP contribution in [0.15, 0.2) is 18.2 Å². The van der Waals surface area contributed by atoms with Gasteiger partial charge in [-0.1, -0.05) is 18.9 Å². The lowest BCUT2D eigenvalue weighted by molar-refractivity contribution is -0.916. The van der Waals surface area contributed by atoms with Gasteiger partial charge in [0.15, 0.2) is 5.78 Å². The number of hydrogen-bond donors (Lipinski definition) is 0. The summed E-state index contributed by atoms with van der Waals surface area (Å²) in [5.74, 6) is 1.87. The Balaban J connectivity index is 0.00000156. The molecular formula is C19H26INO2. The predicted octanol–water partition coefficient (Wildman–Crippen LogP) is -0.289. The lowest BCUT2D eigenvalue weighted by Gasteiger charge is -2.59. The molecule has 3 atom stereocenters. The number of nitrogens with zero attached hydrogens (tertiary/aromatic N) is 1. The van der Waals surface area contributed by atoms with Gasteiger partial charge >= 0.3 is 0 Å². The van der Waals surface area contributed by atoms with E-state index in [1.165, 1.54) is 30.4 Å².